The lowest BCUT2D eigenvalue weighted by molar-refractivity contribution is -0.379. The second-order valence-electron chi connectivity index (χ2n) is 22.2. The Balaban J connectivity index is 1.39. The van der Waals surface area contributed by atoms with Gasteiger partial charge in [0.05, 0.1) is 38.6 Å². The molecule has 0 saturated carbocycles. The van der Waals surface area contributed by atoms with Crippen LogP contribution < -0.4 is 5.32 Å². The summed E-state index contributed by atoms with van der Waals surface area (Å²) in [5.74, 6) is -0.283. The van der Waals surface area contributed by atoms with Crippen LogP contribution in [0.4, 0.5) is 0 Å². The minimum atomic E-state index is -1.98. The van der Waals surface area contributed by atoms with E-state index < -0.39 is 124 Å². The lowest BCUT2D eigenvalue weighted by Gasteiger charge is -2.48. The Bertz CT molecular complexity index is 1650. The van der Waals surface area contributed by atoms with Gasteiger partial charge in [-0.1, -0.05) is 184 Å². The molecule has 3 rings (SSSR count). The van der Waals surface area contributed by atoms with Crippen LogP contribution in [0.3, 0.4) is 0 Å². The van der Waals surface area contributed by atoms with Crippen molar-refractivity contribution in [1.82, 2.24) is 5.32 Å². The number of aliphatic hydroxyl groups is 11. The normalized spacial score (nSPS) is 30.3. The molecule has 0 aromatic carbocycles. The van der Waals surface area contributed by atoms with Gasteiger partial charge in [-0.3, -0.25) is 4.79 Å². The van der Waals surface area contributed by atoms with E-state index in [9.17, 15) is 61.0 Å². The predicted molar refractivity (Wildman–Crippen MR) is 305 cm³/mol. The van der Waals surface area contributed by atoms with Crippen molar-refractivity contribution in [2.45, 2.75) is 304 Å². The van der Waals surface area contributed by atoms with Crippen molar-refractivity contribution in [3.8, 4) is 0 Å². The Hall–Kier alpha value is -2.25. The van der Waals surface area contributed by atoms with Crippen LogP contribution in [0.15, 0.2) is 48.6 Å². The van der Waals surface area contributed by atoms with Crippen LogP contribution >= 0.6 is 0 Å². The molecule has 12 N–H and O–H groups in total. The van der Waals surface area contributed by atoms with Crippen LogP contribution in [-0.4, -0.2) is 193 Å². The van der Waals surface area contributed by atoms with Crippen molar-refractivity contribution < 1.29 is 89.4 Å². The zero-order valence-corrected chi connectivity index (χ0v) is 48.5. The van der Waals surface area contributed by atoms with Crippen LogP contribution in [0.25, 0.3) is 0 Å². The van der Waals surface area contributed by atoms with Gasteiger partial charge < -0.3 is 89.9 Å². The molecular weight excluding hydrogens is 1030 g/mol. The monoisotopic (exact) mass is 1140 g/mol. The van der Waals surface area contributed by atoms with Crippen LogP contribution in [0.2, 0.25) is 0 Å². The topological polar surface area (TPSA) is 307 Å². The lowest BCUT2D eigenvalue weighted by atomic mass is 9.96. The van der Waals surface area contributed by atoms with E-state index in [0.29, 0.717) is 6.42 Å². The molecule has 80 heavy (non-hydrogen) atoms. The number of carbonyl (C=O) groups is 1. The third-order valence-corrected chi connectivity index (χ3v) is 15.4. The highest BCUT2D eigenvalue weighted by molar-refractivity contribution is 5.76. The van der Waals surface area contributed by atoms with Gasteiger partial charge in [0, 0.05) is 6.42 Å². The average molecular weight is 1140 g/mol. The van der Waals surface area contributed by atoms with Crippen LogP contribution in [0, 0.1) is 0 Å². The van der Waals surface area contributed by atoms with Crippen LogP contribution in [0.5, 0.6) is 0 Å². The molecule has 3 fully saturated rings. The largest absolute Gasteiger partial charge is 0.394 e. The van der Waals surface area contributed by atoms with E-state index in [0.717, 1.165) is 70.6 Å². The smallest absolute Gasteiger partial charge is 0.220 e. The van der Waals surface area contributed by atoms with Gasteiger partial charge in [0.2, 0.25) is 5.91 Å². The molecule has 0 radical (unpaired) electrons. The molecule has 3 aliphatic rings. The number of hydrogen-bond acceptors (Lipinski definition) is 18. The molecule has 19 nitrogen and oxygen atoms in total. The number of amides is 1. The lowest BCUT2D eigenvalue weighted by Crippen LogP contribution is -2.66. The second-order valence-corrected chi connectivity index (χ2v) is 22.2. The molecule has 3 saturated heterocycles. The molecule has 0 bridgehead atoms. The minimum absolute atomic E-state index is 0.239. The molecule has 17 atom stereocenters. The summed E-state index contributed by atoms with van der Waals surface area (Å²) in [5, 5.41) is 120. The standard InChI is InChI=1S/C61H109NO18/c1-3-5-7-9-11-13-14-15-16-17-18-19-20-21-22-23-24-25-26-27-28-29-30-31-33-35-37-39-49(67)62-44(45(66)38-36-34-32-12-10-8-6-4-2)43-75-59-55(73)52(70)57(47(41-64)77-59)80-61-56(74)53(71)58(48(42-65)78-61)79-60-54(72)51(69)50(68)46(40-63)76-60/h14-15,17-18,20-21,36,38,44-48,50-61,63-66,68-74H,3-13,16,19,22-35,37,39-43H2,1-2H3,(H,62,67)/b15-14-,18-17-,21-20-,38-36+. The van der Waals surface area contributed by atoms with E-state index in [4.69, 9.17) is 28.4 Å². The fraction of sp³-hybridized carbons (Fsp3) is 0.852. The first-order valence-corrected chi connectivity index (χ1v) is 30.9. The fourth-order valence-corrected chi connectivity index (χ4v) is 10.3. The van der Waals surface area contributed by atoms with Crippen molar-refractivity contribution in [2.24, 2.45) is 0 Å². The van der Waals surface area contributed by atoms with Gasteiger partial charge in [-0.15, -0.1) is 0 Å². The first kappa shape index (κ1) is 72.0. The molecule has 19 heteroatoms. The number of rotatable bonds is 45. The molecule has 0 spiro atoms. The van der Waals surface area contributed by atoms with Gasteiger partial charge in [0.25, 0.3) is 0 Å². The van der Waals surface area contributed by atoms with E-state index >= 15 is 0 Å². The van der Waals surface area contributed by atoms with Crippen LogP contribution in [-0.2, 0) is 33.2 Å². The van der Waals surface area contributed by atoms with Gasteiger partial charge in [0.15, 0.2) is 18.9 Å². The molecule has 17 unspecified atom stereocenters. The zero-order valence-electron chi connectivity index (χ0n) is 48.5. The molecule has 0 aromatic heterocycles. The Morgan fingerprint density at radius 3 is 1.29 bits per heavy atom. The molecule has 466 valence electrons. The maximum Gasteiger partial charge on any atom is 0.220 e. The van der Waals surface area contributed by atoms with Crippen molar-refractivity contribution in [1.29, 1.82) is 0 Å². The molecule has 0 aliphatic carbocycles. The third kappa shape index (κ3) is 27.6. The second kappa shape index (κ2) is 44.3. The highest BCUT2D eigenvalue weighted by Crippen LogP contribution is 2.33. The highest BCUT2D eigenvalue weighted by Gasteiger charge is 2.53. The summed E-state index contributed by atoms with van der Waals surface area (Å²) in [5.41, 5.74) is 0. The number of ether oxygens (including phenoxy) is 6. The summed E-state index contributed by atoms with van der Waals surface area (Å²) in [6.07, 6.45) is 22.7. The Morgan fingerprint density at radius 1 is 0.450 bits per heavy atom. The highest BCUT2D eigenvalue weighted by atomic mass is 16.8. The minimum Gasteiger partial charge on any atom is -0.394 e. The van der Waals surface area contributed by atoms with Crippen molar-refractivity contribution >= 4 is 5.91 Å². The van der Waals surface area contributed by atoms with Gasteiger partial charge in [-0.05, 0) is 57.8 Å². The van der Waals surface area contributed by atoms with E-state index in [1.165, 1.54) is 103 Å². The Morgan fingerprint density at radius 2 is 0.825 bits per heavy atom. The summed E-state index contributed by atoms with van der Waals surface area (Å²) >= 11 is 0. The van der Waals surface area contributed by atoms with E-state index in [1.54, 1.807) is 6.08 Å². The van der Waals surface area contributed by atoms with Crippen molar-refractivity contribution in [3.05, 3.63) is 48.6 Å². The zero-order chi connectivity index (χ0) is 58.3. The van der Waals surface area contributed by atoms with E-state index in [-0.39, 0.29) is 18.9 Å². The van der Waals surface area contributed by atoms with Gasteiger partial charge in [0.1, 0.15) is 73.2 Å². The van der Waals surface area contributed by atoms with Gasteiger partial charge in [-0.2, -0.15) is 0 Å². The maximum atomic E-state index is 13.3. The summed E-state index contributed by atoms with van der Waals surface area (Å²) in [6.45, 7) is 1.64. The van der Waals surface area contributed by atoms with E-state index in [1.807, 2.05) is 6.08 Å². The predicted octanol–water partition coefficient (Wildman–Crippen LogP) is 5.87. The summed E-state index contributed by atoms with van der Waals surface area (Å²) in [7, 11) is 0. The summed E-state index contributed by atoms with van der Waals surface area (Å²) in [4.78, 5) is 13.3. The van der Waals surface area contributed by atoms with Crippen LogP contribution in [0.1, 0.15) is 200 Å². The summed E-state index contributed by atoms with van der Waals surface area (Å²) in [6, 6.07) is -0.972. The Labute approximate surface area is 478 Å². The van der Waals surface area contributed by atoms with Crippen molar-refractivity contribution in [3.63, 3.8) is 0 Å². The number of unbranched alkanes of at least 4 members (excludes halogenated alkanes) is 23. The Kier molecular flexibility index (Phi) is 39.8. The van der Waals surface area contributed by atoms with Gasteiger partial charge in [-0.25, -0.2) is 0 Å². The number of carbonyl (C=O) groups excluding carboxylic acids is 1. The first-order chi connectivity index (χ1) is 38.8. The number of aliphatic hydroxyl groups excluding tert-OH is 11. The third-order valence-electron chi connectivity index (χ3n) is 15.4. The van der Waals surface area contributed by atoms with E-state index in [2.05, 4.69) is 55.6 Å². The summed E-state index contributed by atoms with van der Waals surface area (Å²) < 4.78 is 34.2. The molecular formula is C61H109NO18. The van der Waals surface area contributed by atoms with Gasteiger partial charge >= 0.3 is 0 Å². The molecule has 0 aromatic rings. The quantitative estimate of drug-likeness (QED) is 0.0250. The maximum absolute atomic E-state index is 13.3. The molecule has 3 aliphatic heterocycles. The SMILES string of the molecule is CCCCCCC/C=C\C/C=C\C/C=C\CCCCCCCCCCCCCCC(=O)NC(COC1OC(CO)C(OC2OC(CO)C(OC3OC(CO)C(O)C(O)C3O)C(O)C2O)C(O)C1O)C(O)/C=C/CCCCCCCC. The number of allylic oxidation sites excluding steroid dienone is 7. The molecule has 1 amide bonds. The van der Waals surface area contributed by atoms with Crippen molar-refractivity contribution in [2.75, 3.05) is 26.4 Å². The molecule has 3 heterocycles. The first-order valence-electron chi connectivity index (χ1n) is 30.9. The number of hydrogen-bond donors (Lipinski definition) is 12. The average Bonchev–Trinajstić information content (AvgIpc) is 3.55. The fourth-order valence-electron chi connectivity index (χ4n) is 10.3. The number of nitrogens with one attached hydrogen (secondary N) is 1.